The van der Waals surface area contributed by atoms with E-state index in [9.17, 15) is 4.79 Å². The van der Waals surface area contributed by atoms with E-state index >= 15 is 0 Å². The summed E-state index contributed by atoms with van der Waals surface area (Å²) in [5, 5.41) is 7.46. The van der Waals surface area contributed by atoms with E-state index in [1.807, 2.05) is 0 Å². The molecule has 0 unspecified atom stereocenters. The predicted octanol–water partition coefficient (Wildman–Crippen LogP) is 1.13. The standard InChI is InChI=1S/C12H18ClN3O3/c1-18-4-3-16-12(17)11(13)10(7-14-16)15-8-5-9(6-8)19-2/h7-9,15H,3-6H2,1-2H3. The first-order valence-electron chi connectivity index (χ1n) is 6.19. The van der Waals surface area contributed by atoms with Gasteiger partial charge in [0.2, 0.25) is 0 Å². The molecule has 0 aromatic carbocycles. The van der Waals surface area contributed by atoms with Crippen LogP contribution in [0.2, 0.25) is 5.02 Å². The van der Waals surface area contributed by atoms with Crippen molar-refractivity contribution in [3.63, 3.8) is 0 Å². The molecular formula is C12H18ClN3O3. The molecule has 1 aliphatic rings. The molecule has 0 spiro atoms. The summed E-state index contributed by atoms with van der Waals surface area (Å²) in [5.74, 6) is 0. The first-order valence-corrected chi connectivity index (χ1v) is 6.57. The van der Waals surface area contributed by atoms with Crippen LogP contribution in [0.15, 0.2) is 11.0 Å². The number of ether oxygens (including phenoxy) is 2. The summed E-state index contributed by atoms with van der Waals surface area (Å²) in [6, 6.07) is 0.290. The molecule has 0 saturated heterocycles. The van der Waals surface area contributed by atoms with Gasteiger partial charge in [-0.3, -0.25) is 4.79 Å². The number of methoxy groups -OCH3 is 2. The number of rotatable bonds is 6. The first-order chi connectivity index (χ1) is 9.15. The highest BCUT2D eigenvalue weighted by molar-refractivity contribution is 6.32. The minimum atomic E-state index is -0.300. The molecule has 2 rings (SSSR count). The summed E-state index contributed by atoms with van der Waals surface area (Å²) >= 11 is 6.06. The van der Waals surface area contributed by atoms with Crippen molar-refractivity contribution in [2.45, 2.75) is 31.5 Å². The molecular weight excluding hydrogens is 270 g/mol. The van der Waals surface area contributed by atoms with Crippen LogP contribution in [0, 0.1) is 0 Å². The Morgan fingerprint density at radius 2 is 2.26 bits per heavy atom. The van der Waals surface area contributed by atoms with Gasteiger partial charge in [-0.15, -0.1) is 0 Å². The third-order valence-corrected chi connectivity index (χ3v) is 3.65. The maximum absolute atomic E-state index is 12.0. The van der Waals surface area contributed by atoms with Crippen LogP contribution in [0.1, 0.15) is 12.8 Å². The molecule has 7 heteroatoms. The second-order valence-corrected chi connectivity index (χ2v) is 4.94. The zero-order chi connectivity index (χ0) is 13.8. The van der Waals surface area contributed by atoms with Crippen molar-refractivity contribution < 1.29 is 9.47 Å². The maximum Gasteiger partial charge on any atom is 0.287 e. The van der Waals surface area contributed by atoms with Gasteiger partial charge >= 0.3 is 0 Å². The predicted molar refractivity (Wildman–Crippen MR) is 72.8 cm³/mol. The van der Waals surface area contributed by atoms with Crippen molar-refractivity contribution in [3.8, 4) is 0 Å². The second-order valence-electron chi connectivity index (χ2n) is 4.56. The molecule has 1 aromatic rings. The summed E-state index contributed by atoms with van der Waals surface area (Å²) in [6.45, 7) is 0.818. The van der Waals surface area contributed by atoms with E-state index in [2.05, 4.69) is 10.4 Å². The highest BCUT2D eigenvalue weighted by Gasteiger charge is 2.29. The topological polar surface area (TPSA) is 65.4 Å². The quantitative estimate of drug-likeness (QED) is 0.850. The lowest BCUT2D eigenvalue weighted by Crippen LogP contribution is -2.40. The SMILES string of the molecule is COCCn1ncc(NC2CC(OC)C2)c(Cl)c1=O. The van der Waals surface area contributed by atoms with Gasteiger partial charge in [-0.25, -0.2) is 4.68 Å². The van der Waals surface area contributed by atoms with Gasteiger partial charge in [-0.05, 0) is 12.8 Å². The molecule has 1 fully saturated rings. The van der Waals surface area contributed by atoms with Crippen LogP contribution in [0.3, 0.4) is 0 Å². The summed E-state index contributed by atoms with van der Waals surface area (Å²) < 4.78 is 11.4. The number of anilines is 1. The van der Waals surface area contributed by atoms with Crippen LogP contribution in [-0.4, -0.2) is 42.8 Å². The molecule has 106 valence electrons. The number of hydrogen-bond donors (Lipinski definition) is 1. The van der Waals surface area contributed by atoms with E-state index in [1.165, 1.54) is 4.68 Å². The molecule has 19 heavy (non-hydrogen) atoms. The fourth-order valence-electron chi connectivity index (χ4n) is 2.00. The van der Waals surface area contributed by atoms with Crippen LogP contribution in [0.5, 0.6) is 0 Å². The van der Waals surface area contributed by atoms with Crippen LogP contribution in [-0.2, 0) is 16.0 Å². The Kier molecular flexibility index (Phi) is 4.79. The normalized spacial score (nSPS) is 22.1. The van der Waals surface area contributed by atoms with Gasteiger partial charge in [0.1, 0.15) is 5.02 Å². The molecule has 1 N–H and O–H groups in total. The highest BCUT2D eigenvalue weighted by atomic mass is 35.5. The van der Waals surface area contributed by atoms with Crippen molar-refractivity contribution >= 4 is 17.3 Å². The molecule has 1 heterocycles. The Morgan fingerprint density at radius 3 is 2.89 bits per heavy atom. The van der Waals surface area contributed by atoms with Crippen LogP contribution in [0.4, 0.5) is 5.69 Å². The monoisotopic (exact) mass is 287 g/mol. The van der Waals surface area contributed by atoms with Gasteiger partial charge in [-0.2, -0.15) is 5.10 Å². The van der Waals surface area contributed by atoms with E-state index < -0.39 is 0 Å². The third kappa shape index (κ3) is 3.26. The molecule has 0 amide bonds. The Hall–Kier alpha value is -1.11. The molecule has 6 nitrogen and oxygen atoms in total. The van der Waals surface area contributed by atoms with E-state index in [-0.39, 0.29) is 10.6 Å². The molecule has 0 aliphatic heterocycles. The summed E-state index contributed by atoms with van der Waals surface area (Å²) in [7, 11) is 3.28. The lowest BCUT2D eigenvalue weighted by Gasteiger charge is -2.35. The molecule has 0 radical (unpaired) electrons. The zero-order valence-corrected chi connectivity index (χ0v) is 11.8. The van der Waals surface area contributed by atoms with E-state index in [0.29, 0.717) is 31.0 Å². The number of halogens is 1. The molecule has 0 bridgehead atoms. The van der Waals surface area contributed by atoms with Crippen LogP contribution in [0.25, 0.3) is 0 Å². The van der Waals surface area contributed by atoms with Crippen molar-refractivity contribution in [2.75, 3.05) is 26.1 Å². The Labute approximate surface area is 116 Å². The Balaban J connectivity index is 2.02. The summed E-state index contributed by atoms with van der Waals surface area (Å²) in [4.78, 5) is 12.0. The number of nitrogens with zero attached hydrogens (tertiary/aromatic N) is 2. The van der Waals surface area contributed by atoms with Gasteiger partial charge in [0, 0.05) is 20.3 Å². The zero-order valence-electron chi connectivity index (χ0n) is 11.1. The van der Waals surface area contributed by atoms with Crippen LogP contribution < -0.4 is 10.9 Å². The van der Waals surface area contributed by atoms with Gasteiger partial charge < -0.3 is 14.8 Å². The third-order valence-electron chi connectivity index (χ3n) is 3.28. The lowest BCUT2D eigenvalue weighted by atomic mass is 9.89. The van der Waals surface area contributed by atoms with Crippen molar-refractivity contribution in [3.05, 3.63) is 21.6 Å². The Morgan fingerprint density at radius 1 is 1.53 bits per heavy atom. The Bertz CT molecular complexity index is 486. The summed E-state index contributed by atoms with van der Waals surface area (Å²) in [6.07, 6.45) is 3.71. The van der Waals surface area contributed by atoms with Gasteiger partial charge in [0.25, 0.3) is 5.56 Å². The summed E-state index contributed by atoms with van der Waals surface area (Å²) in [5.41, 5.74) is 0.284. The van der Waals surface area contributed by atoms with E-state index in [1.54, 1.807) is 20.4 Å². The van der Waals surface area contributed by atoms with E-state index in [0.717, 1.165) is 12.8 Å². The fraction of sp³-hybridized carbons (Fsp3) is 0.667. The maximum atomic E-state index is 12.0. The molecule has 0 atom stereocenters. The van der Waals surface area contributed by atoms with Crippen molar-refractivity contribution in [1.29, 1.82) is 0 Å². The average Bonchev–Trinajstić information content (AvgIpc) is 2.37. The van der Waals surface area contributed by atoms with Gasteiger partial charge in [0.05, 0.1) is 31.1 Å². The largest absolute Gasteiger partial charge is 0.383 e. The fourth-order valence-corrected chi connectivity index (χ4v) is 2.20. The first kappa shape index (κ1) is 14.3. The van der Waals surface area contributed by atoms with Crippen molar-refractivity contribution in [1.82, 2.24) is 9.78 Å². The van der Waals surface area contributed by atoms with Gasteiger partial charge in [-0.1, -0.05) is 11.6 Å². The molecule has 1 saturated carbocycles. The minimum Gasteiger partial charge on any atom is -0.383 e. The number of aromatic nitrogens is 2. The van der Waals surface area contributed by atoms with Crippen molar-refractivity contribution in [2.24, 2.45) is 0 Å². The second kappa shape index (κ2) is 6.36. The smallest absolute Gasteiger partial charge is 0.287 e. The molecule has 1 aromatic heterocycles. The average molecular weight is 288 g/mol. The number of nitrogens with one attached hydrogen (secondary N) is 1. The van der Waals surface area contributed by atoms with Gasteiger partial charge in [0.15, 0.2) is 0 Å². The number of hydrogen-bond acceptors (Lipinski definition) is 5. The minimum absolute atomic E-state index is 0.173. The van der Waals surface area contributed by atoms with Crippen LogP contribution >= 0.6 is 11.6 Å². The highest BCUT2D eigenvalue weighted by Crippen LogP contribution is 2.27. The van der Waals surface area contributed by atoms with E-state index in [4.69, 9.17) is 21.1 Å². The lowest BCUT2D eigenvalue weighted by molar-refractivity contribution is 0.0328. The molecule has 1 aliphatic carbocycles.